The van der Waals surface area contributed by atoms with Crippen molar-refractivity contribution in [2.24, 2.45) is 0 Å². The number of benzene rings is 3. The summed E-state index contributed by atoms with van der Waals surface area (Å²) in [6.07, 6.45) is 0. The Kier molecular flexibility index (Phi) is 5.22. The van der Waals surface area contributed by atoms with E-state index in [0.29, 0.717) is 33.4 Å². The largest absolute Gasteiger partial charge is 0.459 e. The summed E-state index contributed by atoms with van der Waals surface area (Å²) in [6.45, 7) is -0.174. The van der Waals surface area contributed by atoms with E-state index < -0.39 is 0 Å². The third kappa shape index (κ3) is 3.56. The monoisotopic (exact) mass is 455 g/mol. The first-order valence-electron chi connectivity index (χ1n) is 8.55. The number of hydrogen-bond donors (Lipinski definition) is 2. The first-order chi connectivity index (χ1) is 13.6. The maximum atomic E-state index is 12.8. The third-order valence-corrected chi connectivity index (χ3v) is 5.43. The lowest BCUT2D eigenvalue weighted by Crippen LogP contribution is -2.12. The molecular formula is C22H15BrClNO3. The maximum Gasteiger partial charge on any atom is 0.256 e. The number of furan rings is 1. The number of anilines is 1. The number of nitrogens with one attached hydrogen (secondary N) is 1. The Morgan fingerprint density at radius 3 is 2.57 bits per heavy atom. The van der Waals surface area contributed by atoms with Gasteiger partial charge in [0.25, 0.3) is 5.91 Å². The topological polar surface area (TPSA) is 62.5 Å². The maximum absolute atomic E-state index is 12.8. The molecule has 4 rings (SSSR count). The van der Waals surface area contributed by atoms with Crippen molar-refractivity contribution >= 4 is 49.9 Å². The highest BCUT2D eigenvalue weighted by molar-refractivity contribution is 9.10. The van der Waals surface area contributed by atoms with Crippen molar-refractivity contribution in [3.05, 3.63) is 87.5 Å². The summed E-state index contributed by atoms with van der Waals surface area (Å²) < 4.78 is 6.46. The number of aliphatic hydroxyl groups excluding tert-OH is 1. The average molecular weight is 457 g/mol. The van der Waals surface area contributed by atoms with E-state index in [2.05, 4.69) is 21.2 Å². The van der Waals surface area contributed by atoms with Crippen LogP contribution in [0.25, 0.3) is 22.1 Å². The lowest BCUT2D eigenvalue weighted by atomic mass is 10.0. The van der Waals surface area contributed by atoms with Crippen molar-refractivity contribution in [2.75, 3.05) is 5.32 Å². The van der Waals surface area contributed by atoms with Gasteiger partial charge in [0.2, 0.25) is 0 Å². The fourth-order valence-electron chi connectivity index (χ4n) is 3.07. The molecule has 0 aliphatic heterocycles. The van der Waals surface area contributed by atoms with Crippen LogP contribution in [0.1, 0.15) is 16.1 Å². The predicted molar refractivity (Wildman–Crippen MR) is 115 cm³/mol. The number of carbonyl (C=O) groups excluding carboxylic acids is 1. The zero-order valence-corrected chi connectivity index (χ0v) is 16.9. The lowest BCUT2D eigenvalue weighted by molar-refractivity contribution is 0.102. The highest BCUT2D eigenvalue weighted by Crippen LogP contribution is 2.32. The molecule has 0 spiro atoms. The highest BCUT2D eigenvalue weighted by atomic mass is 79.9. The Morgan fingerprint density at radius 1 is 1.04 bits per heavy atom. The van der Waals surface area contributed by atoms with E-state index in [1.165, 1.54) is 0 Å². The normalized spacial score (nSPS) is 11.0. The molecule has 2 N–H and O–H groups in total. The second kappa shape index (κ2) is 7.80. The number of carbonyl (C=O) groups is 1. The van der Waals surface area contributed by atoms with Crippen LogP contribution in [0.3, 0.4) is 0 Å². The molecule has 1 amide bonds. The minimum Gasteiger partial charge on any atom is -0.459 e. The van der Waals surface area contributed by atoms with E-state index >= 15 is 0 Å². The summed E-state index contributed by atoms with van der Waals surface area (Å²) >= 11 is 9.90. The van der Waals surface area contributed by atoms with Crippen LogP contribution in [0.4, 0.5) is 5.69 Å². The van der Waals surface area contributed by atoms with E-state index in [0.717, 1.165) is 15.2 Å². The molecule has 140 valence electrons. The number of aliphatic hydroxyl groups is 1. The molecule has 0 aliphatic carbocycles. The van der Waals surface area contributed by atoms with Crippen LogP contribution in [0.5, 0.6) is 0 Å². The molecule has 0 fully saturated rings. The quantitative estimate of drug-likeness (QED) is 0.381. The van der Waals surface area contributed by atoms with Crippen molar-refractivity contribution in [1.82, 2.24) is 0 Å². The van der Waals surface area contributed by atoms with Gasteiger partial charge in [-0.2, -0.15) is 0 Å². The molecule has 0 aliphatic rings. The van der Waals surface area contributed by atoms with Gasteiger partial charge >= 0.3 is 0 Å². The third-order valence-electron chi connectivity index (χ3n) is 4.42. The molecule has 0 radical (unpaired) electrons. The number of hydrogen-bond acceptors (Lipinski definition) is 3. The minimum absolute atomic E-state index is 0.174. The average Bonchev–Trinajstić information content (AvgIpc) is 3.17. The van der Waals surface area contributed by atoms with Crippen molar-refractivity contribution in [3.63, 3.8) is 0 Å². The fourth-order valence-corrected chi connectivity index (χ4v) is 3.84. The number of rotatable bonds is 4. The van der Waals surface area contributed by atoms with Crippen LogP contribution in [0.2, 0.25) is 5.02 Å². The van der Waals surface area contributed by atoms with Gasteiger partial charge in [-0.3, -0.25) is 4.79 Å². The molecule has 28 heavy (non-hydrogen) atoms. The predicted octanol–water partition coefficient (Wildman–Crippen LogP) is 6.26. The molecular weight excluding hydrogens is 442 g/mol. The summed E-state index contributed by atoms with van der Waals surface area (Å²) in [5.74, 6) is 0.810. The Balaban J connectivity index is 1.62. The Bertz CT molecular complexity index is 1190. The summed E-state index contributed by atoms with van der Waals surface area (Å²) in [7, 11) is 0. The number of amides is 1. The Labute approximate surface area is 174 Å². The molecule has 3 aromatic carbocycles. The van der Waals surface area contributed by atoms with Crippen molar-refractivity contribution in [2.45, 2.75) is 6.61 Å². The Hall–Kier alpha value is -2.60. The van der Waals surface area contributed by atoms with Gasteiger partial charge in [0.15, 0.2) is 0 Å². The van der Waals surface area contributed by atoms with Gasteiger partial charge in [-0.1, -0.05) is 51.8 Å². The van der Waals surface area contributed by atoms with Crippen molar-refractivity contribution < 1.29 is 14.3 Å². The van der Waals surface area contributed by atoms with E-state index in [1.807, 2.05) is 30.3 Å². The van der Waals surface area contributed by atoms with Gasteiger partial charge in [-0.15, -0.1) is 0 Å². The van der Waals surface area contributed by atoms with Crippen LogP contribution in [-0.2, 0) is 6.61 Å². The SMILES string of the molecule is O=C(Nc1ccc(-c2ccc(CO)o2)c(Cl)c1)c1cccc2c(Br)cccc12. The molecule has 0 saturated carbocycles. The fraction of sp³-hybridized carbons (Fsp3) is 0.0455. The van der Waals surface area contributed by atoms with Crippen LogP contribution in [0, 0.1) is 0 Å². The smallest absolute Gasteiger partial charge is 0.256 e. The molecule has 0 unspecified atom stereocenters. The number of halogens is 2. The summed E-state index contributed by atoms with van der Waals surface area (Å²) in [5, 5.41) is 14.3. The zero-order chi connectivity index (χ0) is 19.7. The van der Waals surface area contributed by atoms with Crippen LogP contribution in [-0.4, -0.2) is 11.0 Å². The molecule has 4 nitrogen and oxygen atoms in total. The van der Waals surface area contributed by atoms with Crippen molar-refractivity contribution in [1.29, 1.82) is 0 Å². The Morgan fingerprint density at radius 2 is 1.82 bits per heavy atom. The van der Waals surface area contributed by atoms with Crippen LogP contribution < -0.4 is 5.32 Å². The molecule has 1 aromatic heterocycles. The van der Waals surface area contributed by atoms with Crippen LogP contribution in [0.15, 0.2) is 75.6 Å². The van der Waals surface area contributed by atoms with Crippen molar-refractivity contribution in [3.8, 4) is 11.3 Å². The molecule has 0 saturated heterocycles. The second-order valence-electron chi connectivity index (χ2n) is 6.21. The van der Waals surface area contributed by atoms with E-state index in [1.54, 1.807) is 36.4 Å². The van der Waals surface area contributed by atoms with Gasteiger partial charge in [0, 0.05) is 21.3 Å². The van der Waals surface area contributed by atoms with E-state index in [4.69, 9.17) is 21.1 Å². The van der Waals surface area contributed by atoms with Gasteiger partial charge in [-0.05, 0) is 53.2 Å². The van der Waals surface area contributed by atoms with E-state index in [-0.39, 0.29) is 12.5 Å². The lowest BCUT2D eigenvalue weighted by Gasteiger charge is -2.10. The zero-order valence-electron chi connectivity index (χ0n) is 14.6. The molecule has 0 atom stereocenters. The van der Waals surface area contributed by atoms with Gasteiger partial charge in [-0.25, -0.2) is 0 Å². The first-order valence-corrected chi connectivity index (χ1v) is 9.72. The first kappa shape index (κ1) is 18.7. The highest BCUT2D eigenvalue weighted by Gasteiger charge is 2.13. The summed E-state index contributed by atoms with van der Waals surface area (Å²) in [4.78, 5) is 12.8. The summed E-state index contributed by atoms with van der Waals surface area (Å²) in [6, 6.07) is 20.0. The second-order valence-corrected chi connectivity index (χ2v) is 7.47. The molecule has 0 bridgehead atoms. The van der Waals surface area contributed by atoms with Crippen LogP contribution >= 0.6 is 27.5 Å². The molecule has 4 aromatic rings. The molecule has 1 heterocycles. The van der Waals surface area contributed by atoms with Gasteiger partial charge in [0.1, 0.15) is 18.1 Å². The number of fused-ring (bicyclic) bond motifs is 1. The standard InChI is InChI=1S/C22H15BrClNO3/c23-19-6-2-3-15-16(19)4-1-5-17(15)22(27)25-13-7-9-18(20(24)11-13)21-10-8-14(12-26)28-21/h1-11,26H,12H2,(H,25,27). The minimum atomic E-state index is -0.215. The van der Waals surface area contributed by atoms with Gasteiger partial charge in [0.05, 0.1) is 5.02 Å². The van der Waals surface area contributed by atoms with Gasteiger partial charge < -0.3 is 14.8 Å². The molecule has 6 heteroatoms. The summed E-state index contributed by atoms with van der Waals surface area (Å²) in [5.41, 5.74) is 1.85. The van der Waals surface area contributed by atoms with E-state index in [9.17, 15) is 4.79 Å².